The highest BCUT2D eigenvalue weighted by atomic mass is 19.1. The average Bonchev–Trinajstić information content (AvgIpc) is 3.45. The molecule has 154 valence electrons. The van der Waals surface area contributed by atoms with E-state index < -0.39 is 5.82 Å². The van der Waals surface area contributed by atoms with Gasteiger partial charge in [-0.25, -0.2) is 9.37 Å². The molecule has 7 heteroatoms. The van der Waals surface area contributed by atoms with Crippen molar-refractivity contribution < 1.29 is 13.9 Å². The number of nitrogens with zero attached hydrogens (tertiary/aromatic N) is 3. The summed E-state index contributed by atoms with van der Waals surface area (Å²) in [6.45, 7) is 3.44. The fourth-order valence-electron chi connectivity index (χ4n) is 5.58. The van der Waals surface area contributed by atoms with Crippen LogP contribution >= 0.6 is 0 Å². The molecule has 0 saturated carbocycles. The van der Waals surface area contributed by atoms with Crippen LogP contribution in [0, 0.1) is 17.7 Å². The zero-order chi connectivity index (χ0) is 20.0. The van der Waals surface area contributed by atoms with Gasteiger partial charge in [0.05, 0.1) is 17.3 Å². The van der Waals surface area contributed by atoms with E-state index >= 15 is 0 Å². The van der Waals surface area contributed by atoms with Crippen LogP contribution in [0.25, 0.3) is 0 Å². The number of imidazole rings is 1. The molecule has 2 bridgehead atoms. The zero-order valence-corrected chi connectivity index (χ0v) is 16.7. The maximum absolute atomic E-state index is 13.9. The first-order valence-electron chi connectivity index (χ1n) is 10.4. The molecular weight excluding hydrogens is 371 g/mol. The number of halogens is 1. The molecule has 3 aliphatic rings. The summed E-state index contributed by atoms with van der Waals surface area (Å²) in [5.74, 6) is 0.983. The van der Waals surface area contributed by atoms with Gasteiger partial charge in [0.2, 0.25) is 0 Å². The van der Waals surface area contributed by atoms with E-state index in [-0.39, 0.29) is 29.1 Å². The number of nitrogens with one attached hydrogen (secondary N) is 1. The minimum absolute atomic E-state index is 0.0697. The van der Waals surface area contributed by atoms with E-state index in [1.165, 1.54) is 12.1 Å². The van der Waals surface area contributed by atoms with E-state index in [4.69, 9.17) is 4.74 Å². The van der Waals surface area contributed by atoms with Crippen molar-refractivity contribution >= 4 is 5.91 Å². The lowest BCUT2D eigenvalue weighted by Crippen LogP contribution is -2.42. The Kier molecular flexibility index (Phi) is 4.67. The normalized spacial score (nSPS) is 30.6. The molecule has 6 nitrogen and oxygen atoms in total. The third-order valence-electron chi connectivity index (χ3n) is 7.04. The summed E-state index contributed by atoms with van der Waals surface area (Å²) >= 11 is 0. The molecule has 1 N–H and O–H groups in total. The highest BCUT2D eigenvalue weighted by Crippen LogP contribution is 2.54. The molecule has 2 aromatic rings. The van der Waals surface area contributed by atoms with E-state index in [1.54, 1.807) is 12.1 Å². The second kappa shape index (κ2) is 7.22. The number of rotatable bonds is 6. The van der Waals surface area contributed by atoms with E-state index in [1.807, 2.05) is 19.4 Å². The number of amides is 1. The predicted octanol–water partition coefficient (Wildman–Crippen LogP) is 2.01. The summed E-state index contributed by atoms with van der Waals surface area (Å²) in [4.78, 5) is 19.3. The molecule has 1 amide bonds. The van der Waals surface area contributed by atoms with Gasteiger partial charge in [0, 0.05) is 63.9 Å². The molecule has 0 aliphatic carbocycles. The molecular formula is C22H27FN4O2. The number of carbonyl (C=O) groups is 1. The number of aryl methyl sites for hydroxylation is 1. The van der Waals surface area contributed by atoms with Crippen molar-refractivity contribution in [3.8, 4) is 0 Å². The van der Waals surface area contributed by atoms with Gasteiger partial charge in [0.15, 0.2) is 0 Å². The monoisotopic (exact) mass is 398 g/mol. The summed E-state index contributed by atoms with van der Waals surface area (Å²) < 4.78 is 22.4. The Morgan fingerprint density at radius 1 is 1.41 bits per heavy atom. The molecule has 4 heterocycles. The van der Waals surface area contributed by atoms with Gasteiger partial charge in [0.25, 0.3) is 5.91 Å². The third kappa shape index (κ3) is 3.26. The highest BCUT2D eigenvalue weighted by molar-refractivity contribution is 5.94. The van der Waals surface area contributed by atoms with Crippen LogP contribution in [-0.4, -0.2) is 58.2 Å². The van der Waals surface area contributed by atoms with Gasteiger partial charge >= 0.3 is 0 Å². The molecule has 1 spiro atoms. The molecule has 4 atom stereocenters. The predicted molar refractivity (Wildman–Crippen MR) is 106 cm³/mol. The van der Waals surface area contributed by atoms with E-state index in [9.17, 15) is 9.18 Å². The summed E-state index contributed by atoms with van der Waals surface area (Å²) in [5, 5.41) is 2.96. The number of aromatic nitrogens is 2. The van der Waals surface area contributed by atoms with Gasteiger partial charge in [-0.2, -0.15) is 0 Å². The van der Waals surface area contributed by atoms with Gasteiger partial charge in [-0.15, -0.1) is 0 Å². The SMILES string of the molecule is Cn1ccnc1CCN1C[C@@H]2[C@H](CNC(=O)c3ccccc3F)[C@H]3CC[C@]2(C1)O3. The minimum Gasteiger partial charge on any atom is -0.370 e. The van der Waals surface area contributed by atoms with Crippen LogP contribution in [0.4, 0.5) is 4.39 Å². The van der Waals surface area contributed by atoms with Crippen LogP contribution in [0.2, 0.25) is 0 Å². The van der Waals surface area contributed by atoms with Gasteiger partial charge in [-0.05, 0) is 25.0 Å². The van der Waals surface area contributed by atoms with Crippen LogP contribution in [-0.2, 0) is 18.2 Å². The molecule has 3 saturated heterocycles. The first kappa shape index (κ1) is 18.8. The number of hydrogen-bond acceptors (Lipinski definition) is 4. The van der Waals surface area contributed by atoms with Crippen molar-refractivity contribution in [2.75, 3.05) is 26.2 Å². The molecule has 5 rings (SSSR count). The maximum Gasteiger partial charge on any atom is 0.254 e. The fraction of sp³-hybridized carbons (Fsp3) is 0.545. The van der Waals surface area contributed by atoms with Gasteiger partial charge < -0.3 is 14.6 Å². The van der Waals surface area contributed by atoms with Crippen molar-refractivity contribution in [3.63, 3.8) is 0 Å². The van der Waals surface area contributed by atoms with Crippen LogP contribution in [0.15, 0.2) is 36.7 Å². The first-order chi connectivity index (χ1) is 14.1. The Morgan fingerprint density at radius 2 is 2.28 bits per heavy atom. The van der Waals surface area contributed by atoms with Crippen LogP contribution in [0.1, 0.15) is 29.0 Å². The van der Waals surface area contributed by atoms with Crippen molar-refractivity contribution in [1.29, 1.82) is 0 Å². The molecule has 3 fully saturated rings. The lowest BCUT2D eigenvalue weighted by molar-refractivity contribution is 0.00281. The number of fused-ring (bicyclic) bond motifs is 1. The second-order valence-corrected chi connectivity index (χ2v) is 8.66. The molecule has 0 radical (unpaired) electrons. The molecule has 29 heavy (non-hydrogen) atoms. The van der Waals surface area contributed by atoms with Gasteiger partial charge in [-0.1, -0.05) is 12.1 Å². The summed E-state index contributed by atoms with van der Waals surface area (Å²) in [5.41, 5.74) is 0.0362. The standard InChI is InChI=1S/C22H27FN4O2/c1-26-11-9-24-20(26)7-10-27-13-17-16(19-6-8-22(17,14-27)29-19)12-25-21(28)15-4-2-3-5-18(15)23/h2-5,9,11,16-17,19H,6-8,10,12-14H2,1H3,(H,25,28)/t16-,17+,19+,22+/m0/s1. The summed E-state index contributed by atoms with van der Waals surface area (Å²) in [6.07, 6.45) is 7.09. The smallest absolute Gasteiger partial charge is 0.254 e. The first-order valence-corrected chi connectivity index (χ1v) is 10.4. The van der Waals surface area contributed by atoms with Crippen molar-refractivity contribution in [2.45, 2.75) is 31.0 Å². The Morgan fingerprint density at radius 3 is 3.07 bits per heavy atom. The number of hydrogen-bond donors (Lipinski definition) is 1. The lowest BCUT2D eigenvalue weighted by Gasteiger charge is -2.29. The molecule has 1 aromatic heterocycles. The zero-order valence-electron chi connectivity index (χ0n) is 16.7. The van der Waals surface area contributed by atoms with Crippen molar-refractivity contribution in [3.05, 3.63) is 53.9 Å². The Balaban J connectivity index is 1.22. The Bertz CT molecular complexity index is 916. The number of likely N-dealkylation sites (tertiary alicyclic amines) is 1. The Labute approximate surface area is 170 Å². The minimum atomic E-state index is -0.480. The van der Waals surface area contributed by atoms with Crippen LogP contribution in [0.3, 0.4) is 0 Å². The molecule has 3 aliphatic heterocycles. The maximum atomic E-state index is 13.9. The van der Waals surface area contributed by atoms with E-state index in [2.05, 4.69) is 19.8 Å². The number of carbonyl (C=O) groups excluding carboxylic acids is 1. The van der Waals surface area contributed by atoms with E-state index in [0.717, 1.165) is 44.7 Å². The number of benzene rings is 1. The van der Waals surface area contributed by atoms with Gasteiger partial charge in [-0.3, -0.25) is 9.69 Å². The second-order valence-electron chi connectivity index (χ2n) is 8.66. The fourth-order valence-corrected chi connectivity index (χ4v) is 5.58. The van der Waals surface area contributed by atoms with Crippen LogP contribution in [0.5, 0.6) is 0 Å². The average molecular weight is 398 g/mol. The topological polar surface area (TPSA) is 59.4 Å². The number of ether oxygens (including phenoxy) is 1. The van der Waals surface area contributed by atoms with Crippen molar-refractivity contribution in [2.24, 2.45) is 18.9 Å². The van der Waals surface area contributed by atoms with Crippen molar-refractivity contribution in [1.82, 2.24) is 19.8 Å². The highest BCUT2D eigenvalue weighted by Gasteiger charge is 2.62. The summed E-state index contributed by atoms with van der Waals surface area (Å²) in [6, 6.07) is 6.13. The molecule has 1 aromatic carbocycles. The van der Waals surface area contributed by atoms with E-state index in [0.29, 0.717) is 12.5 Å². The lowest BCUT2D eigenvalue weighted by atomic mass is 9.73. The summed E-state index contributed by atoms with van der Waals surface area (Å²) in [7, 11) is 2.03. The van der Waals surface area contributed by atoms with Crippen LogP contribution < -0.4 is 5.32 Å². The largest absolute Gasteiger partial charge is 0.370 e. The molecule has 0 unspecified atom stereocenters. The third-order valence-corrected chi connectivity index (χ3v) is 7.04. The Hall–Kier alpha value is -2.25. The quantitative estimate of drug-likeness (QED) is 0.809. The van der Waals surface area contributed by atoms with Gasteiger partial charge in [0.1, 0.15) is 11.6 Å².